The van der Waals surface area contributed by atoms with Crippen molar-refractivity contribution in [2.75, 3.05) is 0 Å². The van der Waals surface area contributed by atoms with Gasteiger partial charge >= 0.3 is 0 Å². The lowest BCUT2D eigenvalue weighted by molar-refractivity contribution is 0.669. The summed E-state index contributed by atoms with van der Waals surface area (Å²) in [4.78, 5) is 19.5. The van der Waals surface area contributed by atoms with Gasteiger partial charge in [-0.1, -0.05) is 115 Å². The predicted octanol–water partition coefficient (Wildman–Crippen LogP) is 11.8. The number of benzene rings is 6. The van der Waals surface area contributed by atoms with E-state index in [1.54, 1.807) is 0 Å². The van der Waals surface area contributed by atoms with Crippen molar-refractivity contribution in [1.82, 2.24) is 19.9 Å². The van der Waals surface area contributed by atoms with Gasteiger partial charge in [0, 0.05) is 68.0 Å². The number of hydrogen-bond acceptors (Lipinski definition) is 5. The minimum atomic E-state index is 0.652. The fourth-order valence-electron chi connectivity index (χ4n) is 7.06. The van der Waals surface area contributed by atoms with Gasteiger partial charge in [-0.2, -0.15) is 0 Å². The molecule has 0 atom stereocenters. The Labute approximate surface area is 293 Å². The molecule has 10 aromatic rings. The first-order chi connectivity index (χ1) is 25.2. The Morgan fingerprint density at radius 1 is 0.412 bits per heavy atom. The molecule has 0 fully saturated rings. The van der Waals surface area contributed by atoms with Crippen LogP contribution in [0.2, 0.25) is 0 Å². The first kappa shape index (κ1) is 29.0. The van der Waals surface area contributed by atoms with Crippen LogP contribution in [0, 0.1) is 0 Å². The topological polar surface area (TPSA) is 64.7 Å². The zero-order valence-corrected chi connectivity index (χ0v) is 27.4. The summed E-state index contributed by atoms with van der Waals surface area (Å²) in [5.41, 5.74) is 11.7. The number of furan rings is 1. The van der Waals surface area contributed by atoms with Crippen molar-refractivity contribution in [2.24, 2.45) is 0 Å². The van der Waals surface area contributed by atoms with Crippen molar-refractivity contribution >= 4 is 43.6 Å². The third kappa shape index (κ3) is 5.11. The van der Waals surface area contributed by atoms with E-state index >= 15 is 0 Å². The van der Waals surface area contributed by atoms with Gasteiger partial charge in [-0.25, -0.2) is 9.97 Å². The quantitative estimate of drug-likeness (QED) is 0.185. The zero-order valence-electron chi connectivity index (χ0n) is 27.4. The molecule has 0 saturated heterocycles. The van der Waals surface area contributed by atoms with Crippen LogP contribution < -0.4 is 0 Å². The van der Waals surface area contributed by atoms with E-state index in [0.29, 0.717) is 5.82 Å². The van der Waals surface area contributed by atoms with Gasteiger partial charge < -0.3 is 4.42 Å². The van der Waals surface area contributed by atoms with Crippen molar-refractivity contribution in [3.63, 3.8) is 0 Å². The van der Waals surface area contributed by atoms with Gasteiger partial charge in [0.1, 0.15) is 11.2 Å². The van der Waals surface area contributed by atoms with Crippen molar-refractivity contribution in [1.29, 1.82) is 0 Å². The molecule has 0 spiro atoms. The highest BCUT2D eigenvalue weighted by Gasteiger charge is 2.15. The van der Waals surface area contributed by atoms with Gasteiger partial charge in [-0.15, -0.1) is 0 Å². The van der Waals surface area contributed by atoms with E-state index in [4.69, 9.17) is 14.4 Å². The van der Waals surface area contributed by atoms with Gasteiger partial charge in [0.05, 0.1) is 16.9 Å². The van der Waals surface area contributed by atoms with Gasteiger partial charge in [0.25, 0.3) is 0 Å². The lowest BCUT2D eigenvalue weighted by atomic mass is 9.98. The summed E-state index contributed by atoms with van der Waals surface area (Å²) in [5.74, 6) is 0.652. The van der Waals surface area contributed by atoms with Crippen LogP contribution in [0.5, 0.6) is 0 Å². The molecule has 4 aromatic heterocycles. The minimum absolute atomic E-state index is 0.652. The van der Waals surface area contributed by atoms with Crippen molar-refractivity contribution in [3.05, 3.63) is 170 Å². The maximum atomic E-state index is 6.13. The smallest absolute Gasteiger partial charge is 0.160 e. The molecule has 5 nitrogen and oxygen atoms in total. The van der Waals surface area contributed by atoms with Gasteiger partial charge in [0.2, 0.25) is 0 Å². The summed E-state index contributed by atoms with van der Waals surface area (Å²) in [5, 5.41) is 5.53. The Morgan fingerprint density at radius 3 is 1.84 bits per heavy atom. The van der Waals surface area contributed by atoms with Crippen molar-refractivity contribution < 1.29 is 4.42 Å². The molecular weight excluding hydrogens is 625 g/mol. The van der Waals surface area contributed by atoms with E-state index in [0.717, 1.165) is 88.6 Å². The third-order valence-corrected chi connectivity index (χ3v) is 9.65. The van der Waals surface area contributed by atoms with E-state index in [-0.39, 0.29) is 0 Å². The number of rotatable bonds is 5. The molecule has 6 aromatic carbocycles. The summed E-state index contributed by atoms with van der Waals surface area (Å²) in [6.45, 7) is 0. The number of hydrogen-bond donors (Lipinski definition) is 0. The van der Waals surface area contributed by atoms with Crippen LogP contribution >= 0.6 is 0 Å². The third-order valence-electron chi connectivity index (χ3n) is 9.65. The lowest BCUT2D eigenvalue weighted by Gasteiger charge is -2.12. The zero-order chi connectivity index (χ0) is 33.7. The van der Waals surface area contributed by atoms with E-state index < -0.39 is 0 Å². The Morgan fingerprint density at radius 2 is 1.04 bits per heavy atom. The van der Waals surface area contributed by atoms with Crippen LogP contribution in [0.3, 0.4) is 0 Å². The van der Waals surface area contributed by atoms with Crippen LogP contribution in [0.4, 0.5) is 0 Å². The highest BCUT2D eigenvalue weighted by atomic mass is 16.3. The van der Waals surface area contributed by atoms with Gasteiger partial charge in [-0.3, -0.25) is 9.97 Å². The fraction of sp³-hybridized carbons (Fsp3) is 0. The van der Waals surface area contributed by atoms with Crippen LogP contribution in [-0.4, -0.2) is 19.9 Å². The molecule has 0 aliphatic rings. The Balaban J connectivity index is 1.09. The first-order valence-corrected chi connectivity index (χ1v) is 16.9. The lowest BCUT2D eigenvalue weighted by Crippen LogP contribution is -1.96. The average molecular weight is 653 g/mol. The fourth-order valence-corrected chi connectivity index (χ4v) is 7.06. The molecule has 0 aliphatic carbocycles. The number of para-hydroxylation sites is 2. The maximum absolute atomic E-state index is 6.13. The van der Waals surface area contributed by atoms with Crippen LogP contribution in [-0.2, 0) is 0 Å². The van der Waals surface area contributed by atoms with E-state index in [1.807, 2.05) is 61.1 Å². The minimum Gasteiger partial charge on any atom is -0.456 e. The van der Waals surface area contributed by atoms with E-state index in [9.17, 15) is 0 Å². The highest BCUT2D eigenvalue weighted by Crippen LogP contribution is 2.35. The molecule has 4 heterocycles. The molecule has 0 unspecified atom stereocenters. The molecule has 5 heteroatoms. The second-order valence-electron chi connectivity index (χ2n) is 12.7. The standard InChI is InChI=1S/C46H28N4O/c1-2-10-36-35(7-1)27-47-28-40(36)30-16-20-32(21-17-30)42-26-41(31-18-14-29(15-19-31)37-12-5-8-33-9-6-24-48-45(33)37)49-46(50-42)34-22-23-44-39(25-34)38-11-3-4-13-43(38)51-44/h1-28H. The largest absolute Gasteiger partial charge is 0.456 e. The van der Waals surface area contributed by atoms with Crippen LogP contribution in [0.15, 0.2) is 175 Å². The second kappa shape index (κ2) is 11.9. The maximum Gasteiger partial charge on any atom is 0.160 e. The molecule has 0 amide bonds. The molecule has 238 valence electrons. The van der Waals surface area contributed by atoms with Crippen molar-refractivity contribution in [3.8, 4) is 56.2 Å². The monoisotopic (exact) mass is 652 g/mol. The van der Waals surface area contributed by atoms with Crippen LogP contribution in [0.25, 0.3) is 99.8 Å². The van der Waals surface area contributed by atoms with Gasteiger partial charge in [-0.05, 0) is 52.9 Å². The second-order valence-corrected chi connectivity index (χ2v) is 12.7. The Kier molecular flexibility index (Phi) is 6.74. The summed E-state index contributed by atoms with van der Waals surface area (Å²) in [7, 11) is 0. The number of fused-ring (bicyclic) bond motifs is 5. The molecule has 51 heavy (non-hydrogen) atoms. The molecule has 0 aliphatic heterocycles. The Bertz CT molecular complexity index is 2760. The first-order valence-electron chi connectivity index (χ1n) is 16.9. The number of nitrogens with zero attached hydrogens (tertiary/aromatic N) is 4. The normalized spacial score (nSPS) is 11.5. The number of pyridine rings is 2. The summed E-state index contributed by atoms with van der Waals surface area (Å²) in [6, 6.07) is 52.3. The highest BCUT2D eigenvalue weighted by molar-refractivity contribution is 6.06. The number of aromatic nitrogens is 4. The molecular formula is C46H28N4O. The average Bonchev–Trinajstić information content (AvgIpc) is 3.58. The van der Waals surface area contributed by atoms with E-state index in [2.05, 4.69) is 119 Å². The molecule has 0 N–H and O–H groups in total. The molecule has 0 saturated carbocycles. The molecule has 0 bridgehead atoms. The van der Waals surface area contributed by atoms with Crippen molar-refractivity contribution in [2.45, 2.75) is 0 Å². The summed E-state index contributed by atoms with van der Waals surface area (Å²) >= 11 is 0. The van der Waals surface area contributed by atoms with Crippen LogP contribution in [0.1, 0.15) is 0 Å². The SMILES string of the molecule is c1ccc2c(-c3ccc(-c4cc(-c5ccc(-c6cccc7cccnc67)cc5)nc(-c5ccc6oc7ccccc7c6c5)n4)cc3)cncc2c1. The summed E-state index contributed by atoms with van der Waals surface area (Å²) in [6.07, 6.45) is 5.69. The predicted molar refractivity (Wildman–Crippen MR) is 207 cm³/mol. The summed E-state index contributed by atoms with van der Waals surface area (Å²) < 4.78 is 6.13. The molecule has 10 rings (SSSR count). The Hall–Kier alpha value is -6.98. The van der Waals surface area contributed by atoms with Gasteiger partial charge in [0.15, 0.2) is 5.82 Å². The van der Waals surface area contributed by atoms with E-state index in [1.165, 1.54) is 5.39 Å². The molecule has 0 radical (unpaired) electrons.